The van der Waals surface area contributed by atoms with Crippen molar-refractivity contribution in [2.75, 3.05) is 31.6 Å². The van der Waals surface area contributed by atoms with Gasteiger partial charge in [0.15, 0.2) is 6.61 Å². The molecule has 2 rings (SSSR count). The van der Waals surface area contributed by atoms with Crippen LogP contribution in [0.25, 0.3) is 0 Å². The number of hydrogen-bond acceptors (Lipinski definition) is 3. The number of carbonyl (C=O) groups excluding carboxylic acids is 1. The number of anilines is 1. The van der Waals surface area contributed by atoms with E-state index in [0.29, 0.717) is 5.92 Å². The molecule has 1 aliphatic rings. The summed E-state index contributed by atoms with van der Waals surface area (Å²) in [5, 5.41) is 3.13. The number of fused-ring (bicyclic) bond motifs is 1. The molecule has 1 atom stereocenters. The van der Waals surface area contributed by atoms with Crippen LogP contribution in [0.5, 0.6) is 5.75 Å². The number of hydrogen-bond donors (Lipinski definition) is 1. The third kappa shape index (κ3) is 2.58. The molecule has 0 radical (unpaired) electrons. The van der Waals surface area contributed by atoms with Crippen LogP contribution in [-0.2, 0) is 4.79 Å². The largest absolute Gasteiger partial charge is 0.482 e. The van der Waals surface area contributed by atoms with Gasteiger partial charge in [0.25, 0.3) is 5.91 Å². The highest BCUT2D eigenvalue weighted by atomic mass is 16.5. The normalized spacial score (nSPS) is 16.4. The summed E-state index contributed by atoms with van der Waals surface area (Å²) in [4.78, 5) is 13.7. The highest BCUT2D eigenvalue weighted by Gasteiger charge is 2.25. The molecule has 1 amide bonds. The Morgan fingerprint density at radius 2 is 2.24 bits per heavy atom. The molecule has 4 nitrogen and oxygen atoms in total. The summed E-state index contributed by atoms with van der Waals surface area (Å²) in [6, 6.07) is 7.68. The van der Waals surface area contributed by atoms with Crippen LogP contribution >= 0.6 is 0 Å². The molecule has 0 fully saturated rings. The highest BCUT2D eigenvalue weighted by molar-refractivity contribution is 5.97. The van der Waals surface area contributed by atoms with E-state index in [0.717, 1.165) is 24.5 Å². The van der Waals surface area contributed by atoms with E-state index in [4.69, 9.17) is 4.74 Å². The molecule has 92 valence electrons. The lowest BCUT2D eigenvalue weighted by molar-refractivity contribution is -0.121. The third-order valence-corrected chi connectivity index (χ3v) is 2.86. The first-order chi connectivity index (χ1) is 8.22. The van der Waals surface area contributed by atoms with Crippen molar-refractivity contribution < 1.29 is 9.53 Å². The number of rotatable bonds is 4. The number of carbonyl (C=O) groups is 1. The average molecular weight is 234 g/mol. The van der Waals surface area contributed by atoms with Crippen molar-refractivity contribution in [1.29, 1.82) is 0 Å². The van der Waals surface area contributed by atoms with Gasteiger partial charge in [0.05, 0.1) is 5.69 Å². The molecule has 0 aromatic heterocycles. The zero-order valence-electron chi connectivity index (χ0n) is 10.3. The lowest BCUT2D eigenvalue weighted by Gasteiger charge is -2.31. The minimum absolute atomic E-state index is 0.0339. The molecule has 0 saturated carbocycles. The minimum atomic E-state index is 0.0339. The van der Waals surface area contributed by atoms with Crippen LogP contribution in [0.2, 0.25) is 0 Å². The van der Waals surface area contributed by atoms with Gasteiger partial charge in [0, 0.05) is 6.54 Å². The molecule has 0 bridgehead atoms. The molecule has 1 aromatic carbocycles. The van der Waals surface area contributed by atoms with Crippen molar-refractivity contribution in [2.45, 2.75) is 6.92 Å². The van der Waals surface area contributed by atoms with Gasteiger partial charge in [-0.2, -0.15) is 0 Å². The number of nitrogens with one attached hydrogen (secondary N) is 1. The summed E-state index contributed by atoms with van der Waals surface area (Å²) in [6.45, 7) is 3.89. The molecule has 0 spiro atoms. The second-order valence-corrected chi connectivity index (χ2v) is 4.42. The van der Waals surface area contributed by atoms with Crippen molar-refractivity contribution in [3.63, 3.8) is 0 Å². The fraction of sp³-hybridized carbons (Fsp3) is 0.462. The van der Waals surface area contributed by atoms with Gasteiger partial charge in [-0.05, 0) is 31.6 Å². The number of para-hydroxylation sites is 2. The Morgan fingerprint density at radius 1 is 1.47 bits per heavy atom. The monoisotopic (exact) mass is 234 g/mol. The van der Waals surface area contributed by atoms with Gasteiger partial charge in [-0.15, -0.1) is 0 Å². The van der Waals surface area contributed by atoms with Gasteiger partial charge in [-0.25, -0.2) is 0 Å². The second-order valence-electron chi connectivity index (χ2n) is 4.42. The lowest BCUT2D eigenvalue weighted by atomic mass is 10.1. The molecule has 1 N–H and O–H groups in total. The van der Waals surface area contributed by atoms with Gasteiger partial charge in [-0.3, -0.25) is 4.79 Å². The Balaban J connectivity index is 2.18. The lowest BCUT2D eigenvalue weighted by Crippen LogP contribution is -2.42. The molecule has 1 aromatic rings. The van der Waals surface area contributed by atoms with E-state index in [1.54, 1.807) is 0 Å². The van der Waals surface area contributed by atoms with Crippen molar-refractivity contribution in [1.82, 2.24) is 5.32 Å². The summed E-state index contributed by atoms with van der Waals surface area (Å²) in [6.07, 6.45) is 0. The zero-order chi connectivity index (χ0) is 12.3. The van der Waals surface area contributed by atoms with Crippen molar-refractivity contribution in [3.05, 3.63) is 24.3 Å². The molecular weight excluding hydrogens is 216 g/mol. The van der Waals surface area contributed by atoms with E-state index >= 15 is 0 Å². The maximum absolute atomic E-state index is 11.9. The zero-order valence-corrected chi connectivity index (χ0v) is 10.3. The Hall–Kier alpha value is -1.55. The van der Waals surface area contributed by atoms with E-state index in [1.165, 1.54) is 0 Å². The smallest absolute Gasteiger partial charge is 0.265 e. The fourth-order valence-electron chi connectivity index (χ4n) is 2.08. The average Bonchev–Trinajstić information content (AvgIpc) is 2.33. The Morgan fingerprint density at radius 3 is 3.00 bits per heavy atom. The topological polar surface area (TPSA) is 41.6 Å². The quantitative estimate of drug-likeness (QED) is 0.853. The maximum Gasteiger partial charge on any atom is 0.265 e. The van der Waals surface area contributed by atoms with Crippen LogP contribution in [-0.4, -0.2) is 32.7 Å². The molecule has 0 aliphatic carbocycles. The summed E-state index contributed by atoms with van der Waals surface area (Å²) < 4.78 is 5.40. The van der Waals surface area contributed by atoms with Gasteiger partial charge in [-0.1, -0.05) is 19.1 Å². The molecule has 1 unspecified atom stereocenters. The third-order valence-electron chi connectivity index (χ3n) is 2.86. The summed E-state index contributed by atoms with van der Waals surface area (Å²) >= 11 is 0. The van der Waals surface area contributed by atoms with Crippen LogP contribution < -0.4 is 15.0 Å². The number of amides is 1. The predicted molar refractivity (Wildman–Crippen MR) is 67.4 cm³/mol. The van der Waals surface area contributed by atoms with Crippen LogP contribution in [0, 0.1) is 5.92 Å². The van der Waals surface area contributed by atoms with Crippen molar-refractivity contribution in [3.8, 4) is 5.75 Å². The Kier molecular flexibility index (Phi) is 3.64. The predicted octanol–water partition coefficient (Wildman–Crippen LogP) is 1.27. The molecule has 17 heavy (non-hydrogen) atoms. The molecule has 1 aliphatic heterocycles. The minimum Gasteiger partial charge on any atom is -0.482 e. The maximum atomic E-state index is 11.9. The first kappa shape index (κ1) is 11.9. The SMILES string of the molecule is CNCC(C)CN1C(=O)COc2ccccc21. The molecule has 1 heterocycles. The van der Waals surface area contributed by atoms with E-state index in [9.17, 15) is 4.79 Å². The van der Waals surface area contributed by atoms with Crippen LogP contribution in [0.3, 0.4) is 0 Å². The van der Waals surface area contributed by atoms with Gasteiger partial charge in [0.1, 0.15) is 5.75 Å². The fourth-order valence-corrected chi connectivity index (χ4v) is 2.08. The van der Waals surface area contributed by atoms with Gasteiger partial charge < -0.3 is 15.0 Å². The Bertz CT molecular complexity index is 406. The van der Waals surface area contributed by atoms with Crippen LogP contribution in [0.1, 0.15) is 6.92 Å². The first-order valence-electron chi connectivity index (χ1n) is 5.89. The van der Waals surface area contributed by atoms with Crippen molar-refractivity contribution >= 4 is 11.6 Å². The molecule has 0 saturated heterocycles. The summed E-state index contributed by atoms with van der Waals surface area (Å²) in [5.41, 5.74) is 0.881. The second kappa shape index (κ2) is 5.19. The van der Waals surface area contributed by atoms with Gasteiger partial charge in [0.2, 0.25) is 0 Å². The number of benzene rings is 1. The standard InChI is InChI=1S/C13H18N2O2/c1-10(7-14-2)8-15-11-5-3-4-6-12(11)17-9-13(15)16/h3-6,10,14H,7-9H2,1-2H3. The van der Waals surface area contributed by atoms with Crippen LogP contribution in [0.15, 0.2) is 24.3 Å². The van der Waals surface area contributed by atoms with Crippen LogP contribution in [0.4, 0.5) is 5.69 Å². The van der Waals surface area contributed by atoms with E-state index in [-0.39, 0.29) is 12.5 Å². The van der Waals surface area contributed by atoms with E-state index in [1.807, 2.05) is 36.2 Å². The summed E-state index contributed by atoms with van der Waals surface area (Å²) in [7, 11) is 1.92. The van der Waals surface area contributed by atoms with Crippen molar-refractivity contribution in [2.24, 2.45) is 5.92 Å². The van der Waals surface area contributed by atoms with Gasteiger partial charge >= 0.3 is 0 Å². The molecular formula is C13H18N2O2. The summed E-state index contributed by atoms with van der Waals surface area (Å²) in [5.74, 6) is 1.24. The highest BCUT2D eigenvalue weighted by Crippen LogP contribution is 2.31. The molecule has 4 heteroatoms. The first-order valence-corrected chi connectivity index (χ1v) is 5.89. The number of ether oxygens (including phenoxy) is 1. The van der Waals surface area contributed by atoms with E-state index in [2.05, 4.69) is 12.2 Å². The van der Waals surface area contributed by atoms with E-state index < -0.39 is 0 Å². The number of nitrogens with zero attached hydrogens (tertiary/aromatic N) is 1. The Labute approximate surface area is 102 Å².